The van der Waals surface area contributed by atoms with Crippen LogP contribution >= 0.6 is 11.6 Å². The van der Waals surface area contributed by atoms with Gasteiger partial charge in [0, 0.05) is 26.6 Å². The number of amides is 1. The average molecular weight is 364 g/mol. The Morgan fingerprint density at radius 2 is 2.17 bits per heavy atom. The minimum atomic E-state index is -4.68. The van der Waals surface area contributed by atoms with Gasteiger partial charge in [-0.3, -0.25) is 9.48 Å². The molecule has 0 bridgehead atoms. The van der Waals surface area contributed by atoms with Crippen molar-refractivity contribution in [3.05, 3.63) is 40.6 Å². The fraction of sp³-hybridized carbons (Fsp3) is 0.467. The molecule has 1 amide bonds. The van der Waals surface area contributed by atoms with Gasteiger partial charge in [-0.05, 0) is 25.5 Å². The summed E-state index contributed by atoms with van der Waals surface area (Å²) in [7, 11) is 2.61. The summed E-state index contributed by atoms with van der Waals surface area (Å²) in [6, 6.07) is 3.36. The van der Waals surface area contributed by atoms with Crippen molar-refractivity contribution in [3.63, 3.8) is 0 Å². The summed E-state index contributed by atoms with van der Waals surface area (Å²) in [4.78, 5) is 13.8. The number of hydrogen-bond donors (Lipinski definition) is 0. The second kappa shape index (κ2) is 6.88. The lowest BCUT2D eigenvalue weighted by molar-refractivity contribution is -0.143. The van der Waals surface area contributed by atoms with Gasteiger partial charge in [0.15, 0.2) is 11.4 Å². The van der Waals surface area contributed by atoms with Gasteiger partial charge in [0.05, 0.1) is 6.26 Å². The Kier molecular flexibility index (Phi) is 5.27. The minimum Gasteiger partial charge on any atom is -0.469 e. The molecule has 0 aromatic carbocycles. The van der Waals surface area contributed by atoms with Gasteiger partial charge in [0.2, 0.25) is 0 Å². The summed E-state index contributed by atoms with van der Waals surface area (Å²) in [5, 5.41) is 2.96. The summed E-state index contributed by atoms with van der Waals surface area (Å²) in [6.45, 7) is 1.79. The molecule has 1 atom stereocenters. The molecule has 132 valence electrons. The Hall–Kier alpha value is -1.96. The minimum absolute atomic E-state index is 0.227. The number of carbonyl (C=O) groups excluding carboxylic acids is 1. The molecule has 0 saturated carbocycles. The van der Waals surface area contributed by atoms with Crippen LogP contribution in [-0.4, -0.2) is 33.7 Å². The van der Waals surface area contributed by atoms with E-state index < -0.39 is 28.5 Å². The maximum Gasteiger partial charge on any atom is 0.434 e. The quantitative estimate of drug-likeness (QED) is 0.812. The highest BCUT2D eigenvalue weighted by atomic mass is 35.5. The molecule has 1 unspecified atom stereocenters. The average Bonchev–Trinajstić information content (AvgIpc) is 3.10. The van der Waals surface area contributed by atoms with Gasteiger partial charge in [0.1, 0.15) is 10.8 Å². The van der Waals surface area contributed by atoms with Gasteiger partial charge in [-0.2, -0.15) is 18.3 Å². The van der Waals surface area contributed by atoms with Crippen LogP contribution in [0.3, 0.4) is 0 Å². The fourth-order valence-electron chi connectivity index (χ4n) is 2.31. The Labute approximate surface area is 142 Å². The van der Waals surface area contributed by atoms with Crippen molar-refractivity contribution in [2.45, 2.75) is 32.0 Å². The SMILES string of the molecule is CC(CCc1ccco1)N(C)C(=O)c1nn(C)c(C(F)(F)F)c1Cl. The van der Waals surface area contributed by atoms with Crippen molar-refractivity contribution in [1.29, 1.82) is 0 Å². The van der Waals surface area contributed by atoms with E-state index in [1.807, 2.05) is 6.07 Å². The third kappa shape index (κ3) is 3.75. The predicted molar refractivity (Wildman–Crippen MR) is 81.8 cm³/mol. The van der Waals surface area contributed by atoms with Crippen molar-refractivity contribution in [3.8, 4) is 0 Å². The molecule has 9 heteroatoms. The number of furan rings is 1. The van der Waals surface area contributed by atoms with E-state index in [2.05, 4.69) is 5.10 Å². The number of rotatable bonds is 5. The molecule has 0 N–H and O–H groups in total. The molecule has 0 saturated heterocycles. The highest BCUT2D eigenvalue weighted by molar-refractivity contribution is 6.34. The van der Waals surface area contributed by atoms with E-state index >= 15 is 0 Å². The summed E-state index contributed by atoms with van der Waals surface area (Å²) < 4.78 is 44.6. The largest absolute Gasteiger partial charge is 0.469 e. The summed E-state index contributed by atoms with van der Waals surface area (Å²) in [5.74, 6) is 0.121. The lowest BCUT2D eigenvalue weighted by Gasteiger charge is -2.24. The molecule has 0 radical (unpaired) electrons. The van der Waals surface area contributed by atoms with Crippen LogP contribution in [-0.2, 0) is 19.6 Å². The van der Waals surface area contributed by atoms with Crippen molar-refractivity contribution < 1.29 is 22.4 Å². The predicted octanol–water partition coefficient (Wildman–Crippen LogP) is 3.78. The Morgan fingerprint density at radius 3 is 2.67 bits per heavy atom. The maximum absolute atomic E-state index is 12.9. The van der Waals surface area contributed by atoms with Crippen LogP contribution in [0.5, 0.6) is 0 Å². The molecule has 0 aliphatic rings. The van der Waals surface area contributed by atoms with E-state index in [9.17, 15) is 18.0 Å². The van der Waals surface area contributed by atoms with Gasteiger partial charge >= 0.3 is 6.18 Å². The number of hydrogen-bond acceptors (Lipinski definition) is 3. The molecule has 2 rings (SSSR count). The topological polar surface area (TPSA) is 51.3 Å². The van der Waals surface area contributed by atoms with Crippen LogP contribution < -0.4 is 0 Å². The Balaban J connectivity index is 2.13. The zero-order valence-corrected chi connectivity index (χ0v) is 14.1. The molecule has 2 aromatic rings. The Bertz CT molecular complexity index is 710. The van der Waals surface area contributed by atoms with E-state index in [1.54, 1.807) is 19.3 Å². The fourth-order valence-corrected chi connectivity index (χ4v) is 2.66. The molecule has 0 aliphatic carbocycles. The van der Waals surface area contributed by atoms with Crippen LogP contribution in [0.25, 0.3) is 0 Å². The number of alkyl halides is 3. The third-order valence-electron chi connectivity index (χ3n) is 3.83. The second-order valence-corrected chi connectivity index (χ2v) is 5.89. The van der Waals surface area contributed by atoms with Crippen LogP contribution in [0, 0.1) is 0 Å². The van der Waals surface area contributed by atoms with Gasteiger partial charge < -0.3 is 9.32 Å². The van der Waals surface area contributed by atoms with E-state index in [4.69, 9.17) is 16.0 Å². The van der Waals surface area contributed by atoms with Gasteiger partial charge in [-0.1, -0.05) is 11.6 Å². The van der Waals surface area contributed by atoms with E-state index in [1.165, 1.54) is 11.9 Å². The van der Waals surface area contributed by atoms with Crippen molar-refractivity contribution in [1.82, 2.24) is 14.7 Å². The third-order valence-corrected chi connectivity index (χ3v) is 4.19. The zero-order chi connectivity index (χ0) is 18.1. The second-order valence-electron chi connectivity index (χ2n) is 5.52. The van der Waals surface area contributed by atoms with Gasteiger partial charge in [-0.25, -0.2) is 0 Å². The van der Waals surface area contributed by atoms with Crippen molar-refractivity contribution in [2.24, 2.45) is 7.05 Å². The molecule has 0 fully saturated rings. The van der Waals surface area contributed by atoms with E-state index in [-0.39, 0.29) is 6.04 Å². The number of aromatic nitrogens is 2. The molecular weight excluding hydrogens is 347 g/mol. The smallest absolute Gasteiger partial charge is 0.434 e. The first-order valence-electron chi connectivity index (χ1n) is 7.22. The molecule has 2 aromatic heterocycles. The number of carbonyl (C=O) groups is 1. The number of aryl methyl sites for hydroxylation is 2. The standard InChI is InChI=1S/C15H17ClF3N3O2/c1-9(6-7-10-5-4-8-24-10)21(2)14(23)12-11(16)13(15(17,18)19)22(3)20-12/h4-5,8-9H,6-7H2,1-3H3. The molecule has 5 nitrogen and oxygen atoms in total. The van der Waals surface area contributed by atoms with Gasteiger partial charge in [0.25, 0.3) is 5.91 Å². The first-order chi connectivity index (χ1) is 11.1. The first-order valence-corrected chi connectivity index (χ1v) is 7.60. The number of nitrogens with zero attached hydrogens (tertiary/aromatic N) is 3. The molecular formula is C15H17ClF3N3O2. The first kappa shape index (κ1) is 18.4. The summed E-state index contributed by atoms with van der Waals surface area (Å²) in [6.07, 6.45) is -1.93. The van der Waals surface area contributed by atoms with Crippen LogP contribution in [0.15, 0.2) is 22.8 Å². The molecule has 24 heavy (non-hydrogen) atoms. The lowest BCUT2D eigenvalue weighted by Crippen LogP contribution is -2.35. The Morgan fingerprint density at radius 1 is 1.50 bits per heavy atom. The monoisotopic (exact) mass is 363 g/mol. The van der Waals surface area contributed by atoms with Crippen molar-refractivity contribution in [2.75, 3.05) is 7.05 Å². The zero-order valence-electron chi connectivity index (χ0n) is 13.4. The molecule has 0 aliphatic heterocycles. The van der Waals surface area contributed by atoms with E-state index in [0.717, 1.165) is 12.8 Å². The molecule has 0 spiro atoms. The van der Waals surface area contributed by atoms with Crippen LogP contribution in [0.1, 0.15) is 35.3 Å². The maximum atomic E-state index is 12.9. The van der Waals surface area contributed by atoms with Crippen LogP contribution in [0.4, 0.5) is 13.2 Å². The van der Waals surface area contributed by atoms with Crippen molar-refractivity contribution >= 4 is 17.5 Å². The number of halogens is 4. The normalized spacial score (nSPS) is 13.1. The highest BCUT2D eigenvalue weighted by Gasteiger charge is 2.40. The highest BCUT2D eigenvalue weighted by Crippen LogP contribution is 2.36. The summed E-state index contributed by atoms with van der Waals surface area (Å²) in [5.41, 5.74) is -1.54. The lowest BCUT2D eigenvalue weighted by atomic mass is 10.1. The van der Waals surface area contributed by atoms with Crippen LogP contribution in [0.2, 0.25) is 5.02 Å². The summed E-state index contributed by atoms with van der Waals surface area (Å²) >= 11 is 5.75. The molecule has 2 heterocycles. The van der Waals surface area contributed by atoms with Gasteiger partial charge in [-0.15, -0.1) is 0 Å². The van der Waals surface area contributed by atoms with E-state index in [0.29, 0.717) is 17.5 Å².